The average molecular weight is 244 g/mol. The summed E-state index contributed by atoms with van der Waals surface area (Å²) in [7, 11) is 0. The highest BCUT2D eigenvalue weighted by Gasteiger charge is 2.14. The molecule has 0 saturated carbocycles. The molecule has 2 aromatic rings. The van der Waals surface area contributed by atoms with Gasteiger partial charge in [-0.3, -0.25) is 0 Å². The average Bonchev–Trinajstić information content (AvgIpc) is 2.74. The van der Waals surface area contributed by atoms with Gasteiger partial charge < -0.3 is 10.3 Å². The monoisotopic (exact) mass is 244 g/mol. The Morgan fingerprint density at radius 1 is 1.06 bits per heavy atom. The van der Waals surface area contributed by atoms with Gasteiger partial charge in [0.05, 0.1) is 0 Å². The zero-order valence-corrected chi connectivity index (χ0v) is 11.4. The molecule has 1 aromatic heterocycles. The van der Waals surface area contributed by atoms with E-state index < -0.39 is 0 Å². The molecule has 0 bridgehead atoms. The first-order valence-corrected chi connectivity index (χ1v) is 6.35. The normalized spacial score (nSPS) is 11.4. The number of nitrogens with zero attached hydrogens (tertiary/aromatic N) is 1. The second-order valence-electron chi connectivity index (χ2n) is 5.27. The van der Waals surface area contributed by atoms with E-state index in [4.69, 9.17) is 10.3 Å². The number of nitrogen functional groups attached to an aromatic ring is 1. The topological polar surface area (TPSA) is 52.0 Å². The van der Waals surface area contributed by atoms with Gasteiger partial charge in [0, 0.05) is 11.6 Å². The molecule has 0 aliphatic carbocycles. The maximum absolute atomic E-state index is 5.64. The van der Waals surface area contributed by atoms with Crippen LogP contribution < -0.4 is 5.73 Å². The van der Waals surface area contributed by atoms with E-state index in [2.05, 4.69) is 51.1 Å². The van der Waals surface area contributed by atoms with Gasteiger partial charge >= 0.3 is 0 Å². The maximum Gasteiger partial charge on any atom is 0.169 e. The Morgan fingerprint density at radius 3 is 2.28 bits per heavy atom. The molecular weight excluding hydrogens is 224 g/mol. The molecule has 0 unspecified atom stereocenters. The number of benzene rings is 1. The number of aromatic nitrogens is 1. The molecule has 2 N–H and O–H groups in total. The molecular formula is C15H20N2O. The Hall–Kier alpha value is -1.77. The highest BCUT2D eigenvalue weighted by atomic mass is 16.5. The largest absolute Gasteiger partial charge is 0.381 e. The Bertz CT molecular complexity index is 541. The summed E-state index contributed by atoms with van der Waals surface area (Å²) in [5.41, 5.74) is 9.29. The second kappa shape index (κ2) is 4.84. The van der Waals surface area contributed by atoms with E-state index in [1.165, 1.54) is 11.1 Å². The van der Waals surface area contributed by atoms with Gasteiger partial charge in [-0.1, -0.05) is 45.0 Å². The Balaban J connectivity index is 2.57. The van der Waals surface area contributed by atoms with Crippen LogP contribution in [0.5, 0.6) is 0 Å². The van der Waals surface area contributed by atoms with Crippen molar-refractivity contribution in [3.63, 3.8) is 0 Å². The zero-order valence-electron chi connectivity index (χ0n) is 11.4. The standard InChI is InChI=1S/C15H20N2O/c1-9(2)11-5-6-12(10(3)4)13(7-11)14-8-15(16)17-18-14/h5-10H,1-4H3,(H2,16,17). The van der Waals surface area contributed by atoms with E-state index in [0.29, 0.717) is 17.7 Å². The van der Waals surface area contributed by atoms with Crippen molar-refractivity contribution in [2.24, 2.45) is 0 Å². The molecule has 0 spiro atoms. The van der Waals surface area contributed by atoms with Gasteiger partial charge in [0.15, 0.2) is 11.6 Å². The summed E-state index contributed by atoms with van der Waals surface area (Å²) in [4.78, 5) is 0. The molecule has 0 amide bonds. The first-order chi connectivity index (χ1) is 8.49. The maximum atomic E-state index is 5.64. The summed E-state index contributed by atoms with van der Waals surface area (Å²) in [6.07, 6.45) is 0. The highest BCUT2D eigenvalue weighted by molar-refractivity contribution is 5.66. The van der Waals surface area contributed by atoms with Crippen LogP contribution in [-0.4, -0.2) is 5.16 Å². The van der Waals surface area contributed by atoms with Gasteiger partial charge in [-0.2, -0.15) is 0 Å². The molecule has 1 heterocycles. The van der Waals surface area contributed by atoms with Crippen molar-refractivity contribution in [3.8, 4) is 11.3 Å². The lowest BCUT2D eigenvalue weighted by atomic mass is 9.91. The Labute approximate surface area is 108 Å². The zero-order chi connectivity index (χ0) is 13.3. The van der Waals surface area contributed by atoms with E-state index in [9.17, 15) is 0 Å². The van der Waals surface area contributed by atoms with Crippen molar-refractivity contribution in [2.45, 2.75) is 39.5 Å². The van der Waals surface area contributed by atoms with Crippen molar-refractivity contribution in [1.29, 1.82) is 0 Å². The van der Waals surface area contributed by atoms with Gasteiger partial charge in [0.1, 0.15) is 0 Å². The summed E-state index contributed by atoms with van der Waals surface area (Å²) >= 11 is 0. The summed E-state index contributed by atoms with van der Waals surface area (Å²) in [5, 5.41) is 3.77. The number of hydrogen-bond acceptors (Lipinski definition) is 3. The molecule has 0 radical (unpaired) electrons. The van der Waals surface area contributed by atoms with Crippen LogP contribution in [0.3, 0.4) is 0 Å². The fourth-order valence-electron chi connectivity index (χ4n) is 2.07. The van der Waals surface area contributed by atoms with Crippen LogP contribution in [0.15, 0.2) is 28.8 Å². The van der Waals surface area contributed by atoms with Crippen LogP contribution >= 0.6 is 0 Å². The van der Waals surface area contributed by atoms with Gasteiger partial charge in [-0.05, 0) is 29.0 Å². The van der Waals surface area contributed by atoms with E-state index in [1.54, 1.807) is 6.07 Å². The molecule has 3 heteroatoms. The minimum absolute atomic E-state index is 0.426. The molecule has 1 aromatic carbocycles. The first kappa shape index (κ1) is 12.7. The molecule has 18 heavy (non-hydrogen) atoms. The second-order valence-corrected chi connectivity index (χ2v) is 5.27. The molecule has 0 aliphatic rings. The summed E-state index contributed by atoms with van der Waals surface area (Å²) in [6, 6.07) is 8.32. The fraction of sp³-hybridized carbons (Fsp3) is 0.400. The smallest absolute Gasteiger partial charge is 0.169 e. The minimum Gasteiger partial charge on any atom is -0.381 e. The van der Waals surface area contributed by atoms with Crippen molar-refractivity contribution in [3.05, 3.63) is 35.4 Å². The van der Waals surface area contributed by atoms with Crippen LogP contribution in [-0.2, 0) is 0 Å². The van der Waals surface area contributed by atoms with Gasteiger partial charge in [-0.15, -0.1) is 0 Å². The van der Waals surface area contributed by atoms with Crippen LogP contribution in [0.4, 0.5) is 5.82 Å². The van der Waals surface area contributed by atoms with Crippen molar-refractivity contribution < 1.29 is 4.52 Å². The van der Waals surface area contributed by atoms with Crippen molar-refractivity contribution >= 4 is 5.82 Å². The van der Waals surface area contributed by atoms with Gasteiger partial charge in [0.2, 0.25) is 0 Å². The third-order valence-corrected chi connectivity index (χ3v) is 3.16. The van der Waals surface area contributed by atoms with Crippen LogP contribution in [0, 0.1) is 0 Å². The fourth-order valence-corrected chi connectivity index (χ4v) is 2.07. The summed E-state index contributed by atoms with van der Waals surface area (Å²) < 4.78 is 5.30. The summed E-state index contributed by atoms with van der Waals surface area (Å²) in [6.45, 7) is 8.72. The van der Waals surface area contributed by atoms with E-state index in [1.807, 2.05) is 0 Å². The number of rotatable bonds is 3. The molecule has 0 atom stereocenters. The molecule has 0 aliphatic heterocycles. The quantitative estimate of drug-likeness (QED) is 0.881. The molecule has 3 nitrogen and oxygen atoms in total. The predicted octanol–water partition coefficient (Wildman–Crippen LogP) is 4.17. The van der Waals surface area contributed by atoms with E-state index in [0.717, 1.165) is 11.3 Å². The number of hydrogen-bond donors (Lipinski definition) is 1. The number of nitrogens with two attached hydrogens (primary N) is 1. The molecule has 0 fully saturated rings. The Morgan fingerprint density at radius 2 is 1.78 bits per heavy atom. The SMILES string of the molecule is CC(C)c1ccc(C(C)C)c(-c2cc(N)no2)c1. The van der Waals surface area contributed by atoms with Crippen molar-refractivity contribution in [2.75, 3.05) is 5.73 Å². The van der Waals surface area contributed by atoms with Crippen LogP contribution in [0.25, 0.3) is 11.3 Å². The van der Waals surface area contributed by atoms with Gasteiger partial charge in [-0.25, -0.2) is 0 Å². The highest BCUT2D eigenvalue weighted by Crippen LogP contribution is 2.32. The predicted molar refractivity (Wildman–Crippen MR) is 74.5 cm³/mol. The first-order valence-electron chi connectivity index (χ1n) is 6.35. The van der Waals surface area contributed by atoms with E-state index in [-0.39, 0.29) is 0 Å². The minimum atomic E-state index is 0.426. The summed E-state index contributed by atoms with van der Waals surface area (Å²) in [5.74, 6) is 2.10. The van der Waals surface area contributed by atoms with E-state index >= 15 is 0 Å². The Kier molecular flexibility index (Phi) is 3.41. The lowest BCUT2D eigenvalue weighted by molar-refractivity contribution is 0.435. The lowest BCUT2D eigenvalue weighted by Gasteiger charge is -2.14. The van der Waals surface area contributed by atoms with Crippen LogP contribution in [0.1, 0.15) is 50.7 Å². The molecule has 96 valence electrons. The van der Waals surface area contributed by atoms with Crippen molar-refractivity contribution in [1.82, 2.24) is 5.16 Å². The lowest BCUT2D eigenvalue weighted by Crippen LogP contribution is -1.95. The molecule has 0 saturated heterocycles. The number of anilines is 1. The molecule has 2 rings (SSSR count). The van der Waals surface area contributed by atoms with Gasteiger partial charge in [0.25, 0.3) is 0 Å². The van der Waals surface area contributed by atoms with Crippen LogP contribution in [0.2, 0.25) is 0 Å². The third-order valence-electron chi connectivity index (χ3n) is 3.16. The third kappa shape index (κ3) is 2.40.